The van der Waals surface area contributed by atoms with E-state index in [1.165, 1.54) is 11.3 Å². The van der Waals surface area contributed by atoms with Gasteiger partial charge in [-0.05, 0) is 29.2 Å². The van der Waals surface area contributed by atoms with Gasteiger partial charge in [0.05, 0.1) is 19.9 Å². The van der Waals surface area contributed by atoms with Crippen LogP contribution in [0.25, 0.3) is 21.2 Å². The number of carbonyl (C=O) groups is 1. The summed E-state index contributed by atoms with van der Waals surface area (Å²) in [6, 6.07) is 16.6. The number of primary amides is 1. The minimum Gasteiger partial charge on any atom is -0.493 e. The van der Waals surface area contributed by atoms with Gasteiger partial charge in [-0.2, -0.15) is 0 Å². The van der Waals surface area contributed by atoms with Crippen molar-refractivity contribution in [1.29, 1.82) is 0 Å². The summed E-state index contributed by atoms with van der Waals surface area (Å²) in [6.45, 7) is 4.41. The SMILES string of the molecule is COc1cc2sc(N(C(N)=O)c3c(CN)cccc3C(C)C)c(-c3ccccc3Cl)c2cc1OC. The van der Waals surface area contributed by atoms with Crippen molar-refractivity contribution in [3.63, 3.8) is 0 Å². The molecule has 0 aliphatic heterocycles. The molecule has 0 aliphatic carbocycles. The third-order valence-electron chi connectivity index (χ3n) is 5.96. The lowest BCUT2D eigenvalue weighted by Crippen LogP contribution is -2.33. The van der Waals surface area contributed by atoms with E-state index in [2.05, 4.69) is 13.8 Å². The average Bonchev–Trinajstić information content (AvgIpc) is 3.20. The Morgan fingerprint density at radius 2 is 1.74 bits per heavy atom. The zero-order valence-corrected chi connectivity index (χ0v) is 21.7. The van der Waals surface area contributed by atoms with Crippen LogP contribution in [0, 0.1) is 0 Å². The number of rotatable bonds is 7. The normalized spacial score (nSPS) is 11.2. The summed E-state index contributed by atoms with van der Waals surface area (Å²) in [5, 5.41) is 2.08. The molecule has 6 nitrogen and oxygen atoms in total. The quantitative estimate of drug-likeness (QED) is 0.279. The number of carbonyl (C=O) groups excluding carboxylic acids is 1. The number of benzene rings is 3. The van der Waals surface area contributed by atoms with Crippen molar-refractivity contribution in [2.75, 3.05) is 19.1 Å². The highest BCUT2D eigenvalue weighted by Gasteiger charge is 2.29. The molecule has 2 amide bonds. The van der Waals surface area contributed by atoms with Gasteiger partial charge < -0.3 is 20.9 Å². The Morgan fingerprint density at radius 1 is 1.06 bits per heavy atom. The first-order valence-electron chi connectivity index (χ1n) is 11.2. The van der Waals surface area contributed by atoms with Crippen molar-refractivity contribution in [2.45, 2.75) is 26.3 Å². The largest absolute Gasteiger partial charge is 0.493 e. The number of ether oxygens (including phenoxy) is 2. The van der Waals surface area contributed by atoms with E-state index < -0.39 is 6.03 Å². The van der Waals surface area contributed by atoms with Gasteiger partial charge in [0, 0.05) is 38.8 Å². The van der Waals surface area contributed by atoms with E-state index in [1.54, 1.807) is 19.1 Å². The molecule has 8 heteroatoms. The second-order valence-electron chi connectivity index (χ2n) is 8.35. The molecule has 35 heavy (non-hydrogen) atoms. The first kappa shape index (κ1) is 24.9. The summed E-state index contributed by atoms with van der Waals surface area (Å²) in [5.41, 5.74) is 16.3. The van der Waals surface area contributed by atoms with Gasteiger partial charge in [-0.1, -0.05) is 61.8 Å². The Morgan fingerprint density at radius 3 is 2.34 bits per heavy atom. The Hall–Kier alpha value is -3.26. The van der Waals surface area contributed by atoms with E-state index in [0.29, 0.717) is 27.2 Å². The van der Waals surface area contributed by atoms with Crippen molar-refractivity contribution in [1.82, 2.24) is 0 Å². The number of thiophene rings is 1. The summed E-state index contributed by atoms with van der Waals surface area (Å²) in [7, 11) is 3.18. The van der Waals surface area contributed by atoms with Crippen LogP contribution in [-0.2, 0) is 6.54 Å². The fourth-order valence-corrected chi connectivity index (χ4v) is 5.79. The molecular weight excluding hydrogens is 482 g/mol. The fraction of sp³-hybridized carbons (Fsp3) is 0.222. The lowest BCUT2D eigenvalue weighted by atomic mass is 9.96. The molecule has 0 fully saturated rings. The highest BCUT2D eigenvalue weighted by Crippen LogP contribution is 2.52. The van der Waals surface area contributed by atoms with E-state index in [4.69, 9.17) is 32.5 Å². The van der Waals surface area contributed by atoms with Crippen LogP contribution in [0.5, 0.6) is 11.5 Å². The zero-order chi connectivity index (χ0) is 25.3. The monoisotopic (exact) mass is 509 g/mol. The van der Waals surface area contributed by atoms with Gasteiger partial charge >= 0.3 is 6.03 Å². The number of urea groups is 1. The molecule has 3 aromatic carbocycles. The summed E-state index contributed by atoms with van der Waals surface area (Å²) >= 11 is 8.12. The van der Waals surface area contributed by atoms with E-state index in [-0.39, 0.29) is 12.5 Å². The first-order chi connectivity index (χ1) is 16.8. The third-order valence-corrected chi connectivity index (χ3v) is 7.43. The van der Waals surface area contributed by atoms with Crippen LogP contribution >= 0.6 is 22.9 Å². The van der Waals surface area contributed by atoms with Crippen LogP contribution in [0.1, 0.15) is 30.9 Å². The molecule has 0 saturated carbocycles. The molecule has 1 heterocycles. The molecule has 4 aromatic rings. The van der Waals surface area contributed by atoms with Crippen LogP contribution < -0.4 is 25.8 Å². The molecule has 0 spiro atoms. The first-order valence-corrected chi connectivity index (χ1v) is 12.4. The van der Waals surface area contributed by atoms with E-state index in [9.17, 15) is 4.79 Å². The van der Waals surface area contributed by atoms with Crippen LogP contribution in [0.4, 0.5) is 15.5 Å². The predicted molar refractivity (Wildman–Crippen MR) is 146 cm³/mol. The number of nitrogens with two attached hydrogens (primary N) is 2. The van der Waals surface area contributed by atoms with Crippen LogP contribution in [-0.4, -0.2) is 20.3 Å². The summed E-state index contributed by atoms with van der Waals surface area (Å²) in [6.07, 6.45) is 0. The van der Waals surface area contributed by atoms with Crippen molar-refractivity contribution >= 4 is 49.7 Å². The van der Waals surface area contributed by atoms with Gasteiger partial charge in [0.1, 0.15) is 5.00 Å². The maximum absolute atomic E-state index is 13.2. The third kappa shape index (κ3) is 4.43. The maximum atomic E-state index is 13.2. The molecule has 0 unspecified atom stereocenters. The molecule has 0 atom stereocenters. The van der Waals surface area contributed by atoms with Crippen molar-refractivity contribution in [3.05, 3.63) is 70.7 Å². The van der Waals surface area contributed by atoms with Gasteiger partial charge in [0.25, 0.3) is 0 Å². The van der Waals surface area contributed by atoms with Crippen LogP contribution in [0.2, 0.25) is 5.02 Å². The van der Waals surface area contributed by atoms with Crippen molar-refractivity contribution < 1.29 is 14.3 Å². The highest BCUT2D eigenvalue weighted by atomic mass is 35.5. The Bertz CT molecular complexity index is 1400. The van der Waals surface area contributed by atoms with Crippen LogP contribution in [0.3, 0.4) is 0 Å². The van der Waals surface area contributed by atoms with Crippen molar-refractivity contribution in [3.8, 4) is 22.6 Å². The number of methoxy groups -OCH3 is 2. The van der Waals surface area contributed by atoms with Gasteiger partial charge in [-0.3, -0.25) is 4.90 Å². The van der Waals surface area contributed by atoms with E-state index >= 15 is 0 Å². The summed E-state index contributed by atoms with van der Waals surface area (Å²) in [5.74, 6) is 1.31. The predicted octanol–water partition coefficient (Wildman–Crippen LogP) is 7.04. The van der Waals surface area contributed by atoms with Crippen molar-refractivity contribution in [2.24, 2.45) is 11.5 Å². The molecule has 0 saturated heterocycles. The highest BCUT2D eigenvalue weighted by molar-refractivity contribution is 7.24. The smallest absolute Gasteiger partial charge is 0.324 e. The fourth-order valence-electron chi connectivity index (χ4n) is 4.32. The van der Waals surface area contributed by atoms with Gasteiger partial charge in [0.2, 0.25) is 0 Å². The number of amides is 2. The Labute approximate surface area is 214 Å². The van der Waals surface area contributed by atoms with E-state index in [1.807, 2.05) is 54.6 Å². The number of fused-ring (bicyclic) bond motifs is 1. The minimum absolute atomic E-state index is 0.136. The molecule has 182 valence electrons. The molecule has 1 aromatic heterocycles. The average molecular weight is 510 g/mol. The molecule has 0 aliphatic rings. The number of para-hydroxylation sites is 1. The Balaban J connectivity index is 2.15. The van der Waals surface area contributed by atoms with E-state index in [0.717, 1.165) is 32.3 Å². The van der Waals surface area contributed by atoms with Gasteiger partial charge in [0.15, 0.2) is 11.5 Å². The lowest BCUT2D eigenvalue weighted by Gasteiger charge is -2.27. The maximum Gasteiger partial charge on any atom is 0.324 e. The van der Waals surface area contributed by atoms with Gasteiger partial charge in [-0.15, -0.1) is 11.3 Å². The van der Waals surface area contributed by atoms with Crippen LogP contribution in [0.15, 0.2) is 54.6 Å². The standard InChI is InChI=1S/C27H28ClN3O3S/c1-15(2)17-10-7-8-16(14-29)25(17)31(27(30)32)26-24(18-9-5-6-11-20(18)28)19-12-21(33-3)22(34-4)13-23(19)35-26/h5-13,15H,14,29H2,1-4H3,(H2,30,32). The number of hydrogen-bond donors (Lipinski definition) is 2. The summed E-state index contributed by atoms with van der Waals surface area (Å²) < 4.78 is 12.0. The molecule has 0 radical (unpaired) electrons. The molecule has 0 bridgehead atoms. The number of anilines is 2. The minimum atomic E-state index is -0.605. The lowest BCUT2D eigenvalue weighted by molar-refractivity contribution is 0.256. The number of hydrogen-bond acceptors (Lipinski definition) is 5. The zero-order valence-electron chi connectivity index (χ0n) is 20.1. The number of halogens is 1. The molecular formula is C27H28ClN3O3S. The van der Waals surface area contributed by atoms with Gasteiger partial charge in [-0.25, -0.2) is 4.79 Å². The molecule has 4 N–H and O–H groups in total. The molecule has 4 rings (SSSR count). The second kappa shape index (κ2) is 10.2. The summed E-state index contributed by atoms with van der Waals surface area (Å²) in [4.78, 5) is 14.7. The number of nitrogens with zero attached hydrogens (tertiary/aromatic N) is 1. The topological polar surface area (TPSA) is 90.8 Å². The Kier molecular flexibility index (Phi) is 7.21. The second-order valence-corrected chi connectivity index (χ2v) is 9.79.